The smallest absolute Gasteiger partial charge is 0.319 e. The van der Waals surface area contributed by atoms with Crippen LogP contribution in [0.25, 0.3) is 0 Å². The van der Waals surface area contributed by atoms with Gasteiger partial charge in [-0.05, 0) is 31.0 Å². The minimum absolute atomic E-state index is 0.148. The van der Waals surface area contributed by atoms with E-state index in [1.54, 1.807) is 0 Å². The molecule has 1 unspecified atom stereocenters. The lowest BCUT2D eigenvalue weighted by atomic mass is 10.1. The highest BCUT2D eigenvalue weighted by atomic mass is 32.2. The van der Waals surface area contributed by atoms with Gasteiger partial charge in [0.2, 0.25) is 5.91 Å². The number of thioether (sulfide) groups is 1. The second-order valence-electron chi connectivity index (χ2n) is 5.77. The molecule has 0 radical (unpaired) electrons. The van der Waals surface area contributed by atoms with Gasteiger partial charge in [-0.15, -0.1) is 0 Å². The van der Waals surface area contributed by atoms with E-state index in [0.717, 1.165) is 42.3 Å². The first kappa shape index (κ1) is 17.7. The van der Waals surface area contributed by atoms with Crippen LogP contribution >= 0.6 is 11.8 Å². The molecule has 0 aromatic heterocycles. The van der Waals surface area contributed by atoms with Crippen molar-refractivity contribution in [3.63, 3.8) is 0 Å². The molecule has 0 bridgehead atoms. The van der Waals surface area contributed by atoms with Crippen LogP contribution in [0.5, 0.6) is 0 Å². The number of hydrogen-bond donors (Lipinski definition) is 2. The van der Waals surface area contributed by atoms with Crippen molar-refractivity contribution in [2.45, 2.75) is 32.7 Å². The van der Waals surface area contributed by atoms with Crippen molar-refractivity contribution in [3.05, 3.63) is 29.8 Å². The fraction of sp³-hybridized carbons (Fsp3) is 0.529. The predicted octanol–water partition coefficient (Wildman–Crippen LogP) is 2.72. The molecule has 1 aromatic carbocycles. The second-order valence-corrected chi connectivity index (χ2v) is 7.00. The Bertz CT molecular complexity index is 527. The van der Waals surface area contributed by atoms with Crippen molar-refractivity contribution >= 4 is 29.4 Å². The third kappa shape index (κ3) is 5.78. The first-order chi connectivity index (χ1) is 11.1. The van der Waals surface area contributed by atoms with Gasteiger partial charge in [-0.25, -0.2) is 4.79 Å². The molecule has 1 aromatic rings. The maximum Gasteiger partial charge on any atom is 0.319 e. The predicted molar refractivity (Wildman–Crippen MR) is 96.0 cm³/mol. The third-order valence-corrected chi connectivity index (χ3v) is 4.86. The quantitative estimate of drug-likeness (QED) is 0.870. The number of benzene rings is 1. The van der Waals surface area contributed by atoms with Crippen LogP contribution in [0.1, 0.15) is 25.8 Å². The zero-order valence-corrected chi connectivity index (χ0v) is 14.6. The molecule has 1 aliphatic rings. The van der Waals surface area contributed by atoms with E-state index in [1.807, 2.05) is 54.8 Å². The molecule has 1 fully saturated rings. The van der Waals surface area contributed by atoms with Crippen LogP contribution in [0.2, 0.25) is 0 Å². The van der Waals surface area contributed by atoms with E-state index < -0.39 is 0 Å². The van der Waals surface area contributed by atoms with Gasteiger partial charge >= 0.3 is 6.03 Å². The highest BCUT2D eigenvalue weighted by Crippen LogP contribution is 2.14. The van der Waals surface area contributed by atoms with Crippen LogP contribution in [0.15, 0.2) is 24.3 Å². The third-order valence-electron chi connectivity index (χ3n) is 3.92. The molecular formula is C17H25N3O2S. The van der Waals surface area contributed by atoms with Crippen molar-refractivity contribution in [1.29, 1.82) is 0 Å². The Hall–Kier alpha value is -1.69. The summed E-state index contributed by atoms with van der Waals surface area (Å²) in [4.78, 5) is 25.9. The molecule has 23 heavy (non-hydrogen) atoms. The van der Waals surface area contributed by atoms with Crippen LogP contribution in [0, 0.1) is 0 Å². The van der Waals surface area contributed by atoms with Gasteiger partial charge in [0, 0.05) is 36.3 Å². The molecule has 0 spiro atoms. The summed E-state index contributed by atoms with van der Waals surface area (Å²) in [5.41, 5.74) is 1.71. The van der Waals surface area contributed by atoms with E-state index in [2.05, 4.69) is 10.6 Å². The van der Waals surface area contributed by atoms with Gasteiger partial charge in [0.05, 0.1) is 6.42 Å². The largest absolute Gasteiger partial charge is 0.341 e. The number of urea groups is 1. The monoisotopic (exact) mass is 335 g/mol. The Morgan fingerprint density at radius 1 is 1.22 bits per heavy atom. The molecule has 1 heterocycles. The highest BCUT2D eigenvalue weighted by molar-refractivity contribution is 7.99. The van der Waals surface area contributed by atoms with E-state index in [1.165, 1.54) is 0 Å². The molecule has 1 saturated heterocycles. The van der Waals surface area contributed by atoms with Crippen LogP contribution in [-0.4, -0.2) is 47.5 Å². The molecule has 1 aliphatic heterocycles. The van der Waals surface area contributed by atoms with Crippen LogP contribution in [0.3, 0.4) is 0 Å². The maximum absolute atomic E-state index is 12.2. The van der Waals surface area contributed by atoms with Crippen LogP contribution in [0.4, 0.5) is 10.5 Å². The van der Waals surface area contributed by atoms with Gasteiger partial charge in [-0.1, -0.05) is 19.1 Å². The van der Waals surface area contributed by atoms with E-state index in [0.29, 0.717) is 6.42 Å². The normalized spacial score (nSPS) is 15.8. The van der Waals surface area contributed by atoms with Gasteiger partial charge < -0.3 is 15.5 Å². The first-order valence-electron chi connectivity index (χ1n) is 8.10. The van der Waals surface area contributed by atoms with Crippen molar-refractivity contribution in [2.75, 3.05) is 29.9 Å². The van der Waals surface area contributed by atoms with Crippen LogP contribution < -0.4 is 10.6 Å². The Kier molecular flexibility index (Phi) is 6.77. The van der Waals surface area contributed by atoms with E-state index in [4.69, 9.17) is 0 Å². The summed E-state index contributed by atoms with van der Waals surface area (Å²) in [5.74, 6) is 2.24. The molecule has 1 atom stereocenters. The Morgan fingerprint density at radius 2 is 1.87 bits per heavy atom. The minimum Gasteiger partial charge on any atom is -0.341 e. The van der Waals surface area contributed by atoms with Crippen molar-refractivity contribution in [3.8, 4) is 0 Å². The molecule has 2 rings (SSSR count). The molecule has 0 saturated carbocycles. The SMILES string of the molecule is CCC(C)NC(=O)Nc1ccc(CC(=O)N2CCSCC2)cc1. The Morgan fingerprint density at radius 3 is 2.48 bits per heavy atom. The number of nitrogens with zero attached hydrogens (tertiary/aromatic N) is 1. The summed E-state index contributed by atoms with van der Waals surface area (Å²) >= 11 is 1.90. The van der Waals surface area contributed by atoms with Crippen LogP contribution in [-0.2, 0) is 11.2 Å². The molecule has 6 heteroatoms. The summed E-state index contributed by atoms with van der Waals surface area (Å²) in [6.45, 7) is 5.68. The average Bonchev–Trinajstić information content (AvgIpc) is 2.57. The van der Waals surface area contributed by atoms with Gasteiger partial charge in [0.25, 0.3) is 0 Å². The van der Waals surface area contributed by atoms with Crippen molar-refractivity contribution in [2.24, 2.45) is 0 Å². The summed E-state index contributed by atoms with van der Waals surface area (Å²) in [6, 6.07) is 7.42. The second kappa shape index (κ2) is 8.82. The molecule has 126 valence electrons. The summed E-state index contributed by atoms with van der Waals surface area (Å²) in [7, 11) is 0. The lowest BCUT2D eigenvalue weighted by Gasteiger charge is -2.26. The number of amides is 3. The molecule has 0 aliphatic carbocycles. The molecule has 5 nitrogen and oxygen atoms in total. The lowest BCUT2D eigenvalue weighted by Crippen LogP contribution is -2.38. The van der Waals surface area contributed by atoms with Gasteiger partial charge in [-0.3, -0.25) is 4.79 Å². The maximum atomic E-state index is 12.2. The van der Waals surface area contributed by atoms with Crippen molar-refractivity contribution < 1.29 is 9.59 Å². The zero-order valence-electron chi connectivity index (χ0n) is 13.8. The number of anilines is 1. The Labute approximate surface area is 142 Å². The molecular weight excluding hydrogens is 310 g/mol. The van der Waals surface area contributed by atoms with E-state index in [9.17, 15) is 9.59 Å². The topological polar surface area (TPSA) is 61.4 Å². The summed E-state index contributed by atoms with van der Waals surface area (Å²) in [5, 5.41) is 5.66. The van der Waals surface area contributed by atoms with Gasteiger partial charge in [0.1, 0.15) is 0 Å². The number of carbonyl (C=O) groups is 2. The molecule has 3 amide bonds. The summed E-state index contributed by atoms with van der Waals surface area (Å²) in [6.07, 6.45) is 1.31. The first-order valence-corrected chi connectivity index (χ1v) is 9.26. The minimum atomic E-state index is -0.200. The number of rotatable bonds is 5. The number of hydrogen-bond acceptors (Lipinski definition) is 3. The average molecular weight is 335 g/mol. The van der Waals surface area contributed by atoms with Gasteiger partial charge in [-0.2, -0.15) is 11.8 Å². The fourth-order valence-electron chi connectivity index (χ4n) is 2.30. The number of carbonyl (C=O) groups excluding carboxylic acids is 2. The lowest BCUT2D eigenvalue weighted by molar-refractivity contribution is -0.130. The van der Waals surface area contributed by atoms with Gasteiger partial charge in [0.15, 0.2) is 0 Å². The summed E-state index contributed by atoms with van der Waals surface area (Å²) < 4.78 is 0. The molecule has 2 N–H and O–H groups in total. The highest BCUT2D eigenvalue weighted by Gasteiger charge is 2.16. The standard InChI is InChI=1S/C17H25N3O2S/c1-3-13(2)18-17(22)19-15-6-4-14(5-7-15)12-16(21)20-8-10-23-11-9-20/h4-7,13H,3,8-12H2,1-2H3,(H2,18,19,22). The Balaban J connectivity index is 1.84. The van der Waals surface area contributed by atoms with E-state index >= 15 is 0 Å². The fourth-order valence-corrected chi connectivity index (χ4v) is 3.20. The van der Waals surface area contributed by atoms with E-state index in [-0.39, 0.29) is 18.0 Å². The van der Waals surface area contributed by atoms with Crippen molar-refractivity contribution in [1.82, 2.24) is 10.2 Å². The zero-order chi connectivity index (χ0) is 16.7. The number of nitrogens with one attached hydrogen (secondary N) is 2.